The summed E-state index contributed by atoms with van der Waals surface area (Å²) in [6.07, 6.45) is 0.701. The largest absolute Gasteiger partial charge is 0.478 e. The fourth-order valence-electron chi connectivity index (χ4n) is 3.86. The van der Waals surface area contributed by atoms with Gasteiger partial charge in [0.05, 0.1) is 12.2 Å². The van der Waals surface area contributed by atoms with Gasteiger partial charge in [0.25, 0.3) is 0 Å². The van der Waals surface area contributed by atoms with E-state index in [1.54, 1.807) is 18.2 Å². The molecule has 0 bridgehead atoms. The number of nitrogens with zero attached hydrogens (tertiary/aromatic N) is 1. The lowest BCUT2D eigenvalue weighted by atomic mass is 9.72. The summed E-state index contributed by atoms with van der Waals surface area (Å²) < 4.78 is 0. The van der Waals surface area contributed by atoms with Gasteiger partial charge in [-0.2, -0.15) is 0 Å². The average Bonchev–Trinajstić information content (AvgIpc) is 2.65. The van der Waals surface area contributed by atoms with Crippen molar-refractivity contribution in [3.8, 4) is 0 Å². The lowest BCUT2D eigenvalue weighted by molar-refractivity contribution is 0.0696. The number of carbonyl (C=O) groups is 1. The molecule has 2 rings (SSSR count). The van der Waals surface area contributed by atoms with Crippen molar-refractivity contribution in [1.82, 2.24) is 4.90 Å². The third-order valence-corrected chi connectivity index (χ3v) is 5.38. The summed E-state index contributed by atoms with van der Waals surface area (Å²) in [4.78, 5) is 13.9. The Hall–Kier alpha value is -2.17. The highest BCUT2D eigenvalue weighted by Gasteiger charge is 2.35. The van der Waals surface area contributed by atoms with Gasteiger partial charge in [-0.3, -0.25) is 4.90 Å². The molecule has 0 aromatic heterocycles. The zero-order valence-corrected chi connectivity index (χ0v) is 16.7. The minimum absolute atomic E-state index is 0.0792. The minimum Gasteiger partial charge on any atom is -0.478 e. The van der Waals surface area contributed by atoms with Crippen LogP contribution in [0.4, 0.5) is 0 Å². The molecule has 0 fully saturated rings. The molecule has 4 heteroatoms. The van der Waals surface area contributed by atoms with Crippen LogP contribution in [0.25, 0.3) is 0 Å². The van der Waals surface area contributed by atoms with Crippen molar-refractivity contribution in [2.45, 2.75) is 51.6 Å². The van der Waals surface area contributed by atoms with Crippen molar-refractivity contribution in [2.75, 3.05) is 13.2 Å². The van der Waals surface area contributed by atoms with E-state index in [1.165, 1.54) is 0 Å². The number of benzene rings is 2. The van der Waals surface area contributed by atoms with E-state index >= 15 is 0 Å². The first-order valence-corrected chi connectivity index (χ1v) is 9.58. The topological polar surface area (TPSA) is 60.8 Å². The maximum absolute atomic E-state index is 11.5. The summed E-state index contributed by atoms with van der Waals surface area (Å²) >= 11 is 0. The van der Waals surface area contributed by atoms with Gasteiger partial charge in [0.15, 0.2) is 0 Å². The molecule has 0 spiro atoms. The SMILES string of the molecule is CC(C)N(CCC(CO)(c1ccccc1)c1cccc(C(=O)O)c1)C(C)C. The average molecular weight is 370 g/mol. The molecule has 0 aliphatic carbocycles. The predicted octanol–water partition coefficient (Wildman–Crippen LogP) is 4.17. The fourth-order valence-corrected chi connectivity index (χ4v) is 3.86. The summed E-state index contributed by atoms with van der Waals surface area (Å²) in [5, 5.41) is 19.9. The van der Waals surface area contributed by atoms with Crippen LogP contribution in [0.2, 0.25) is 0 Å². The molecule has 1 atom stereocenters. The summed E-state index contributed by atoms with van der Waals surface area (Å²) in [7, 11) is 0. The number of carboxylic acid groups (broad SMARTS) is 1. The van der Waals surface area contributed by atoms with Crippen LogP contribution in [0.3, 0.4) is 0 Å². The molecule has 0 saturated heterocycles. The monoisotopic (exact) mass is 369 g/mol. The van der Waals surface area contributed by atoms with Crippen LogP contribution in [-0.4, -0.2) is 46.3 Å². The van der Waals surface area contributed by atoms with Crippen LogP contribution in [0.1, 0.15) is 55.6 Å². The maximum Gasteiger partial charge on any atom is 0.335 e. The van der Waals surface area contributed by atoms with Gasteiger partial charge in [0, 0.05) is 17.5 Å². The van der Waals surface area contributed by atoms with E-state index in [1.807, 2.05) is 36.4 Å². The number of aliphatic hydroxyl groups is 1. The zero-order chi connectivity index (χ0) is 20.0. The molecular weight excluding hydrogens is 338 g/mol. The van der Waals surface area contributed by atoms with Gasteiger partial charge in [-0.25, -0.2) is 4.79 Å². The quantitative estimate of drug-likeness (QED) is 0.696. The number of rotatable bonds is 9. The first-order chi connectivity index (χ1) is 12.8. The highest BCUT2D eigenvalue weighted by atomic mass is 16.4. The number of aromatic carboxylic acids is 1. The van der Waals surface area contributed by atoms with Crippen molar-refractivity contribution in [2.24, 2.45) is 0 Å². The van der Waals surface area contributed by atoms with Gasteiger partial charge in [-0.1, -0.05) is 42.5 Å². The molecule has 0 amide bonds. The molecule has 2 N–H and O–H groups in total. The van der Waals surface area contributed by atoms with Gasteiger partial charge in [-0.15, -0.1) is 0 Å². The molecule has 2 aromatic rings. The van der Waals surface area contributed by atoms with Crippen LogP contribution >= 0.6 is 0 Å². The van der Waals surface area contributed by atoms with Crippen LogP contribution < -0.4 is 0 Å². The smallest absolute Gasteiger partial charge is 0.335 e. The van der Waals surface area contributed by atoms with E-state index < -0.39 is 11.4 Å². The van der Waals surface area contributed by atoms with E-state index in [0.717, 1.165) is 17.7 Å². The Morgan fingerprint density at radius 3 is 2.07 bits per heavy atom. The molecule has 2 aromatic carbocycles. The highest BCUT2D eigenvalue weighted by Crippen LogP contribution is 2.36. The van der Waals surface area contributed by atoms with Crippen molar-refractivity contribution >= 4 is 5.97 Å². The van der Waals surface area contributed by atoms with Crippen LogP contribution in [0.15, 0.2) is 54.6 Å². The third-order valence-electron chi connectivity index (χ3n) is 5.38. The van der Waals surface area contributed by atoms with Gasteiger partial charge in [0.2, 0.25) is 0 Å². The minimum atomic E-state index is -0.956. The molecule has 27 heavy (non-hydrogen) atoms. The van der Waals surface area contributed by atoms with Crippen LogP contribution in [0, 0.1) is 0 Å². The molecule has 1 unspecified atom stereocenters. The maximum atomic E-state index is 11.5. The van der Waals surface area contributed by atoms with Crippen molar-refractivity contribution < 1.29 is 15.0 Å². The normalized spacial score (nSPS) is 13.9. The Morgan fingerprint density at radius 2 is 1.56 bits per heavy atom. The lowest BCUT2D eigenvalue weighted by Gasteiger charge is -2.38. The zero-order valence-electron chi connectivity index (χ0n) is 16.7. The first kappa shape index (κ1) is 21.1. The summed E-state index contributed by atoms with van der Waals surface area (Å²) in [5.41, 5.74) is 1.44. The van der Waals surface area contributed by atoms with E-state index in [0.29, 0.717) is 18.5 Å². The lowest BCUT2D eigenvalue weighted by Crippen LogP contribution is -2.42. The number of carboxylic acids is 1. The fraction of sp³-hybridized carbons (Fsp3) is 0.435. The molecular formula is C23H31NO3. The second kappa shape index (κ2) is 9.16. The molecule has 0 saturated carbocycles. The van der Waals surface area contributed by atoms with Crippen molar-refractivity contribution in [3.05, 3.63) is 71.3 Å². The molecule has 0 aliphatic rings. The molecule has 146 valence electrons. The van der Waals surface area contributed by atoms with E-state index in [2.05, 4.69) is 32.6 Å². The van der Waals surface area contributed by atoms with E-state index in [9.17, 15) is 15.0 Å². The molecule has 4 nitrogen and oxygen atoms in total. The van der Waals surface area contributed by atoms with E-state index in [4.69, 9.17) is 0 Å². The number of aliphatic hydroxyl groups excluding tert-OH is 1. The first-order valence-electron chi connectivity index (χ1n) is 9.58. The summed E-state index contributed by atoms with van der Waals surface area (Å²) in [6, 6.07) is 17.6. The van der Waals surface area contributed by atoms with Crippen LogP contribution in [-0.2, 0) is 5.41 Å². The highest BCUT2D eigenvalue weighted by molar-refractivity contribution is 5.87. The molecule has 0 radical (unpaired) electrons. The second-order valence-corrected chi connectivity index (χ2v) is 7.67. The Kier molecular flexibility index (Phi) is 7.17. The summed E-state index contributed by atoms with van der Waals surface area (Å²) in [5.74, 6) is -0.956. The third kappa shape index (κ3) is 4.76. The standard InChI is InChI=1S/C23H31NO3/c1-17(2)24(18(3)4)14-13-23(16-25,20-10-6-5-7-11-20)21-12-8-9-19(15-21)22(26)27/h5-12,15,17-18,25H,13-14,16H2,1-4H3,(H,26,27). The number of hydrogen-bond donors (Lipinski definition) is 2. The Labute approximate surface area is 162 Å². The van der Waals surface area contributed by atoms with E-state index in [-0.39, 0.29) is 12.2 Å². The van der Waals surface area contributed by atoms with Gasteiger partial charge in [-0.05, 0) is 63.9 Å². The molecule has 0 aliphatic heterocycles. The Bertz CT molecular complexity index is 734. The Morgan fingerprint density at radius 1 is 0.963 bits per heavy atom. The van der Waals surface area contributed by atoms with Gasteiger partial charge in [0.1, 0.15) is 0 Å². The Balaban J connectivity index is 2.52. The molecule has 0 heterocycles. The number of hydrogen-bond acceptors (Lipinski definition) is 3. The van der Waals surface area contributed by atoms with Gasteiger partial charge < -0.3 is 10.2 Å². The predicted molar refractivity (Wildman–Crippen MR) is 109 cm³/mol. The second-order valence-electron chi connectivity index (χ2n) is 7.67. The van der Waals surface area contributed by atoms with Gasteiger partial charge >= 0.3 is 5.97 Å². The van der Waals surface area contributed by atoms with Crippen molar-refractivity contribution in [1.29, 1.82) is 0 Å². The summed E-state index contributed by atoms with van der Waals surface area (Å²) in [6.45, 7) is 9.43. The van der Waals surface area contributed by atoms with Crippen molar-refractivity contribution in [3.63, 3.8) is 0 Å². The van der Waals surface area contributed by atoms with Crippen LogP contribution in [0.5, 0.6) is 0 Å².